The van der Waals surface area contributed by atoms with E-state index in [-0.39, 0.29) is 0 Å². The number of rotatable bonds is 3. The lowest BCUT2D eigenvalue weighted by molar-refractivity contribution is -0.122. The minimum atomic E-state index is 0.506. The van der Waals surface area contributed by atoms with E-state index in [1.807, 2.05) is 4.90 Å². The van der Waals surface area contributed by atoms with Crippen LogP contribution in [0.2, 0.25) is 0 Å². The van der Waals surface area contributed by atoms with Gasteiger partial charge in [-0.1, -0.05) is 30.3 Å². The Bertz CT molecular complexity index is 385. The number of benzene rings is 1. The van der Waals surface area contributed by atoms with E-state index in [2.05, 4.69) is 30.3 Å². The lowest BCUT2D eigenvalue weighted by Crippen LogP contribution is -2.42. The summed E-state index contributed by atoms with van der Waals surface area (Å²) < 4.78 is 0. The van der Waals surface area contributed by atoms with E-state index in [9.17, 15) is 4.79 Å². The van der Waals surface area contributed by atoms with Crippen LogP contribution in [0.15, 0.2) is 30.3 Å². The zero-order valence-corrected chi connectivity index (χ0v) is 10.1. The Balaban J connectivity index is 1.74. The van der Waals surface area contributed by atoms with Crippen LogP contribution in [0, 0.1) is 5.92 Å². The Kier molecular flexibility index (Phi) is 2.87. The number of carbonyl (C=O) groups is 1. The summed E-state index contributed by atoms with van der Waals surface area (Å²) in [6.07, 6.45) is 5.97. The molecule has 0 aromatic heterocycles. The fourth-order valence-corrected chi connectivity index (χ4v) is 3.12. The molecule has 1 heterocycles. The van der Waals surface area contributed by atoms with Crippen LogP contribution in [0.5, 0.6) is 0 Å². The Hall–Kier alpha value is -1.31. The fourth-order valence-electron chi connectivity index (χ4n) is 3.12. The average molecular weight is 229 g/mol. The molecule has 0 bridgehead atoms. The fraction of sp³-hybridized carbons (Fsp3) is 0.533. The maximum absolute atomic E-state index is 11.1. The van der Waals surface area contributed by atoms with Gasteiger partial charge in [-0.3, -0.25) is 4.79 Å². The van der Waals surface area contributed by atoms with Crippen molar-refractivity contribution in [3.63, 3.8) is 0 Å². The first-order chi connectivity index (χ1) is 8.38. The van der Waals surface area contributed by atoms with Crippen LogP contribution < -0.4 is 0 Å². The molecule has 2 nitrogen and oxygen atoms in total. The Morgan fingerprint density at radius 2 is 1.88 bits per heavy atom. The molecular formula is C15H19NO. The first-order valence-electron chi connectivity index (χ1n) is 6.64. The van der Waals surface area contributed by atoms with Crippen molar-refractivity contribution in [1.82, 2.24) is 4.90 Å². The van der Waals surface area contributed by atoms with Crippen molar-refractivity contribution in [3.8, 4) is 0 Å². The zero-order valence-electron chi connectivity index (χ0n) is 10.1. The van der Waals surface area contributed by atoms with Gasteiger partial charge in [-0.2, -0.15) is 0 Å². The molecule has 2 aliphatic rings. The predicted octanol–water partition coefficient (Wildman–Crippen LogP) is 2.80. The van der Waals surface area contributed by atoms with Gasteiger partial charge in [0.05, 0.1) is 0 Å². The molecule has 0 spiro atoms. The molecule has 90 valence electrons. The molecular weight excluding hydrogens is 210 g/mol. The molecule has 1 aliphatic heterocycles. The van der Waals surface area contributed by atoms with Gasteiger partial charge in [-0.25, -0.2) is 0 Å². The lowest BCUT2D eigenvalue weighted by Gasteiger charge is -2.37. The minimum Gasteiger partial charge on any atom is -0.342 e. The Morgan fingerprint density at radius 3 is 2.53 bits per heavy atom. The highest BCUT2D eigenvalue weighted by molar-refractivity contribution is 5.48. The predicted molar refractivity (Wildman–Crippen MR) is 67.7 cm³/mol. The summed E-state index contributed by atoms with van der Waals surface area (Å²) in [5.74, 6) is 1.43. The van der Waals surface area contributed by atoms with Crippen molar-refractivity contribution in [2.24, 2.45) is 5.92 Å². The van der Waals surface area contributed by atoms with Crippen LogP contribution in [0.3, 0.4) is 0 Å². The molecule has 0 N–H and O–H groups in total. The van der Waals surface area contributed by atoms with E-state index < -0.39 is 0 Å². The maximum atomic E-state index is 11.1. The monoisotopic (exact) mass is 229 g/mol. The molecule has 2 unspecified atom stereocenters. The maximum Gasteiger partial charge on any atom is 0.209 e. The highest BCUT2D eigenvalue weighted by Gasteiger charge is 2.39. The van der Waals surface area contributed by atoms with Gasteiger partial charge in [-0.15, -0.1) is 0 Å². The molecule has 17 heavy (non-hydrogen) atoms. The summed E-state index contributed by atoms with van der Waals surface area (Å²) in [6, 6.07) is 11.3. The number of piperidine rings is 1. The molecule has 1 aromatic rings. The third-order valence-electron chi connectivity index (χ3n) is 4.26. The van der Waals surface area contributed by atoms with Gasteiger partial charge in [0.25, 0.3) is 0 Å². The largest absolute Gasteiger partial charge is 0.342 e. The average Bonchev–Trinajstić information content (AvgIpc) is 3.23. The van der Waals surface area contributed by atoms with Crippen molar-refractivity contribution >= 4 is 6.41 Å². The van der Waals surface area contributed by atoms with Crippen LogP contribution in [0.25, 0.3) is 0 Å². The Labute approximate surface area is 103 Å². The number of likely N-dealkylation sites (tertiary alicyclic amines) is 1. The van der Waals surface area contributed by atoms with E-state index in [1.165, 1.54) is 18.4 Å². The second-order valence-electron chi connectivity index (χ2n) is 5.38. The van der Waals surface area contributed by atoms with E-state index >= 15 is 0 Å². The molecule has 1 saturated heterocycles. The highest BCUT2D eigenvalue weighted by Crippen LogP contribution is 2.42. The summed E-state index contributed by atoms with van der Waals surface area (Å²) in [5, 5.41) is 0. The minimum absolute atomic E-state index is 0.506. The zero-order chi connectivity index (χ0) is 11.7. The van der Waals surface area contributed by atoms with E-state index in [0.717, 1.165) is 31.7 Å². The normalized spacial score (nSPS) is 29.1. The number of hydrogen-bond acceptors (Lipinski definition) is 1. The second kappa shape index (κ2) is 4.52. The molecule has 3 rings (SSSR count). The van der Waals surface area contributed by atoms with Crippen LogP contribution in [-0.2, 0) is 4.79 Å². The quantitative estimate of drug-likeness (QED) is 0.730. The van der Waals surface area contributed by atoms with E-state index in [4.69, 9.17) is 0 Å². The first-order valence-corrected chi connectivity index (χ1v) is 6.64. The third-order valence-corrected chi connectivity index (χ3v) is 4.26. The van der Waals surface area contributed by atoms with Crippen molar-refractivity contribution < 1.29 is 4.79 Å². The summed E-state index contributed by atoms with van der Waals surface area (Å²) in [6.45, 7) is 0.935. The molecule has 2 heteroatoms. The molecule has 0 radical (unpaired) electrons. The molecule has 1 aliphatic carbocycles. The van der Waals surface area contributed by atoms with Gasteiger partial charge in [0.2, 0.25) is 6.41 Å². The molecule has 1 saturated carbocycles. The number of amides is 1. The van der Waals surface area contributed by atoms with Gasteiger partial charge in [0, 0.05) is 12.6 Å². The van der Waals surface area contributed by atoms with Crippen molar-refractivity contribution in [2.45, 2.75) is 37.6 Å². The molecule has 1 aromatic carbocycles. The number of carbonyl (C=O) groups excluding carboxylic acids is 1. The summed E-state index contributed by atoms with van der Waals surface area (Å²) >= 11 is 0. The van der Waals surface area contributed by atoms with Crippen LogP contribution >= 0.6 is 0 Å². The van der Waals surface area contributed by atoms with Crippen LogP contribution in [0.4, 0.5) is 0 Å². The van der Waals surface area contributed by atoms with Crippen LogP contribution in [-0.4, -0.2) is 23.9 Å². The first kappa shape index (κ1) is 10.8. The van der Waals surface area contributed by atoms with Gasteiger partial charge < -0.3 is 4.90 Å². The standard InChI is InChI=1S/C15H19NO/c17-11-16-9-8-14(10-15(16)13-6-7-13)12-4-2-1-3-5-12/h1-5,11,13-15H,6-10H2. The molecule has 1 amide bonds. The van der Waals surface area contributed by atoms with Crippen molar-refractivity contribution in [3.05, 3.63) is 35.9 Å². The smallest absolute Gasteiger partial charge is 0.209 e. The van der Waals surface area contributed by atoms with E-state index in [0.29, 0.717) is 12.0 Å². The molecule has 2 fully saturated rings. The van der Waals surface area contributed by atoms with Crippen molar-refractivity contribution in [1.29, 1.82) is 0 Å². The highest BCUT2D eigenvalue weighted by atomic mass is 16.1. The van der Waals surface area contributed by atoms with E-state index in [1.54, 1.807) is 0 Å². The van der Waals surface area contributed by atoms with Gasteiger partial charge in [-0.05, 0) is 43.1 Å². The summed E-state index contributed by atoms with van der Waals surface area (Å²) in [4.78, 5) is 13.1. The van der Waals surface area contributed by atoms with Gasteiger partial charge >= 0.3 is 0 Å². The lowest BCUT2D eigenvalue weighted by atomic mass is 9.84. The second-order valence-corrected chi connectivity index (χ2v) is 5.38. The SMILES string of the molecule is O=CN1CCC(c2ccccc2)CC1C1CC1. The Morgan fingerprint density at radius 1 is 1.12 bits per heavy atom. The van der Waals surface area contributed by atoms with Crippen LogP contribution in [0.1, 0.15) is 37.2 Å². The van der Waals surface area contributed by atoms with Gasteiger partial charge in [0.15, 0.2) is 0 Å². The summed E-state index contributed by atoms with van der Waals surface area (Å²) in [7, 11) is 0. The summed E-state index contributed by atoms with van der Waals surface area (Å²) in [5.41, 5.74) is 1.45. The topological polar surface area (TPSA) is 20.3 Å². The molecule has 2 atom stereocenters. The number of nitrogens with zero attached hydrogens (tertiary/aromatic N) is 1. The third kappa shape index (κ3) is 2.21. The van der Waals surface area contributed by atoms with Crippen molar-refractivity contribution in [2.75, 3.05) is 6.54 Å². The number of hydrogen-bond donors (Lipinski definition) is 0. The van der Waals surface area contributed by atoms with Gasteiger partial charge in [0.1, 0.15) is 0 Å².